The molecule has 0 spiro atoms. The fraction of sp³-hybridized carbons (Fsp3) is 0.0952. The van der Waals surface area contributed by atoms with E-state index in [-0.39, 0.29) is 5.97 Å². The van der Waals surface area contributed by atoms with Crippen LogP contribution in [0.5, 0.6) is 0 Å². The molecule has 0 aliphatic carbocycles. The van der Waals surface area contributed by atoms with Crippen LogP contribution in [0.25, 0.3) is 10.8 Å². The highest BCUT2D eigenvalue weighted by Crippen LogP contribution is 2.18. The first-order chi connectivity index (χ1) is 11.2. The molecule has 0 fully saturated rings. The third-order valence-corrected chi connectivity index (χ3v) is 3.66. The Bertz CT molecular complexity index is 925. The van der Waals surface area contributed by atoms with E-state index >= 15 is 0 Å². The maximum absolute atomic E-state index is 11.6. The molecular formula is C21H16O2. The molecule has 2 nitrogen and oxygen atoms in total. The Kier molecular flexibility index (Phi) is 4.12. The second-order valence-corrected chi connectivity index (χ2v) is 5.38. The summed E-state index contributed by atoms with van der Waals surface area (Å²) in [5.41, 5.74) is 3.72. The van der Waals surface area contributed by atoms with Gasteiger partial charge >= 0.3 is 5.97 Å². The summed E-state index contributed by atoms with van der Waals surface area (Å²) in [7, 11) is 1.39. The van der Waals surface area contributed by atoms with E-state index in [2.05, 4.69) is 30.9 Å². The topological polar surface area (TPSA) is 26.3 Å². The number of fused-ring (bicyclic) bond motifs is 1. The molecule has 0 N–H and O–H groups in total. The normalized spacial score (nSPS) is 10.0. The summed E-state index contributed by atoms with van der Waals surface area (Å²) in [5.74, 6) is 6.02. The van der Waals surface area contributed by atoms with E-state index in [0.717, 1.165) is 21.9 Å². The molecule has 112 valence electrons. The zero-order chi connectivity index (χ0) is 16.2. The summed E-state index contributed by atoms with van der Waals surface area (Å²) in [4.78, 5) is 11.6. The standard InChI is InChI=1S/C21H16O2/c1-15-3-5-16(6-4-15)7-8-17-9-10-19-14-20(21(22)23-2)12-11-18(19)13-17/h3-6,9-14H,1-2H3. The summed E-state index contributed by atoms with van der Waals surface area (Å²) in [6.07, 6.45) is 0. The first kappa shape index (κ1) is 14.9. The van der Waals surface area contributed by atoms with Crippen molar-refractivity contribution < 1.29 is 9.53 Å². The number of ether oxygens (including phenoxy) is 1. The van der Waals surface area contributed by atoms with Gasteiger partial charge in [-0.15, -0.1) is 0 Å². The van der Waals surface area contributed by atoms with Crippen LogP contribution in [0.4, 0.5) is 0 Å². The summed E-state index contributed by atoms with van der Waals surface area (Å²) in [6.45, 7) is 2.06. The smallest absolute Gasteiger partial charge is 0.337 e. The number of carbonyl (C=O) groups is 1. The van der Waals surface area contributed by atoms with E-state index in [4.69, 9.17) is 4.74 Å². The molecule has 3 aromatic carbocycles. The fourth-order valence-corrected chi connectivity index (χ4v) is 2.35. The van der Waals surface area contributed by atoms with Crippen LogP contribution in [-0.2, 0) is 4.74 Å². The van der Waals surface area contributed by atoms with Crippen LogP contribution in [0.2, 0.25) is 0 Å². The Balaban J connectivity index is 1.92. The number of aryl methyl sites for hydroxylation is 1. The summed E-state index contributed by atoms with van der Waals surface area (Å²) >= 11 is 0. The van der Waals surface area contributed by atoms with E-state index in [1.165, 1.54) is 12.7 Å². The predicted molar refractivity (Wildman–Crippen MR) is 92.4 cm³/mol. The fourth-order valence-electron chi connectivity index (χ4n) is 2.35. The predicted octanol–water partition coefficient (Wildman–Crippen LogP) is 4.33. The van der Waals surface area contributed by atoms with Gasteiger partial charge in [0.05, 0.1) is 12.7 Å². The highest BCUT2D eigenvalue weighted by atomic mass is 16.5. The molecule has 2 heteroatoms. The van der Waals surface area contributed by atoms with Crippen molar-refractivity contribution in [1.29, 1.82) is 0 Å². The molecule has 0 unspecified atom stereocenters. The highest BCUT2D eigenvalue weighted by molar-refractivity contribution is 5.95. The van der Waals surface area contributed by atoms with Crippen molar-refractivity contribution in [3.05, 3.63) is 82.9 Å². The van der Waals surface area contributed by atoms with E-state index in [1.807, 2.05) is 42.5 Å². The average molecular weight is 300 g/mol. The zero-order valence-corrected chi connectivity index (χ0v) is 13.1. The number of esters is 1. The Hall–Kier alpha value is -3.05. The van der Waals surface area contributed by atoms with Crippen molar-refractivity contribution in [3.8, 4) is 11.8 Å². The van der Waals surface area contributed by atoms with Crippen molar-refractivity contribution in [3.63, 3.8) is 0 Å². The molecule has 0 amide bonds. The first-order valence-electron chi connectivity index (χ1n) is 7.36. The maximum Gasteiger partial charge on any atom is 0.337 e. The monoisotopic (exact) mass is 300 g/mol. The lowest BCUT2D eigenvalue weighted by Crippen LogP contribution is -2.00. The second kappa shape index (κ2) is 6.37. The van der Waals surface area contributed by atoms with Crippen molar-refractivity contribution in [1.82, 2.24) is 0 Å². The molecule has 23 heavy (non-hydrogen) atoms. The minimum Gasteiger partial charge on any atom is -0.465 e. The molecule has 3 aromatic rings. The van der Waals surface area contributed by atoms with Gasteiger partial charge in [-0.05, 0) is 54.1 Å². The lowest BCUT2D eigenvalue weighted by molar-refractivity contribution is 0.0601. The quantitative estimate of drug-likeness (QED) is 0.494. The summed E-state index contributed by atoms with van der Waals surface area (Å²) < 4.78 is 4.74. The number of benzene rings is 3. The van der Waals surface area contributed by atoms with Gasteiger partial charge in [-0.2, -0.15) is 0 Å². The van der Waals surface area contributed by atoms with Crippen LogP contribution in [0.1, 0.15) is 27.0 Å². The maximum atomic E-state index is 11.6. The van der Waals surface area contributed by atoms with Crippen molar-refractivity contribution in [2.45, 2.75) is 6.92 Å². The number of carbonyl (C=O) groups excluding carboxylic acids is 1. The van der Waals surface area contributed by atoms with Crippen LogP contribution in [0.3, 0.4) is 0 Å². The third kappa shape index (κ3) is 3.41. The van der Waals surface area contributed by atoms with Crippen LogP contribution < -0.4 is 0 Å². The summed E-state index contributed by atoms with van der Waals surface area (Å²) in [6, 6.07) is 19.6. The molecule has 0 heterocycles. The van der Waals surface area contributed by atoms with E-state index in [9.17, 15) is 4.79 Å². The Morgan fingerprint density at radius 1 is 0.826 bits per heavy atom. The van der Waals surface area contributed by atoms with Gasteiger partial charge in [0.1, 0.15) is 0 Å². The molecule has 0 bridgehead atoms. The van der Waals surface area contributed by atoms with Gasteiger partial charge in [-0.25, -0.2) is 4.79 Å². The Labute approximate surface area is 135 Å². The molecule has 0 saturated heterocycles. The highest BCUT2D eigenvalue weighted by Gasteiger charge is 2.05. The minimum absolute atomic E-state index is 0.324. The summed E-state index contributed by atoms with van der Waals surface area (Å²) in [5, 5.41) is 2.04. The van der Waals surface area contributed by atoms with E-state index in [1.54, 1.807) is 6.07 Å². The minimum atomic E-state index is -0.324. The van der Waals surface area contributed by atoms with E-state index in [0.29, 0.717) is 5.56 Å². The number of hydrogen-bond acceptors (Lipinski definition) is 2. The van der Waals surface area contributed by atoms with Gasteiger partial charge in [-0.3, -0.25) is 0 Å². The Morgan fingerprint density at radius 3 is 2.17 bits per heavy atom. The van der Waals surface area contributed by atoms with Crippen LogP contribution >= 0.6 is 0 Å². The van der Waals surface area contributed by atoms with Gasteiger partial charge in [0.2, 0.25) is 0 Å². The average Bonchev–Trinajstić information content (AvgIpc) is 2.60. The van der Waals surface area contributed by atoms with E-state index < -0.39 is 0 Å². The molecule has 0 atom stereocenters. The van der Waals surface area contributed by atoms with Crippen molar-refractivity contribution in [2.75, 3.05) is 7.11 Å². The molecule has 0 aliphatic heterocycles. The third-order valence-electron chi connectivity index (χ3n) is 3.66. The van der Waals surface area contributed by atoms with Crippen LogP contribution in [-0.4, -0.2) is 13.1 Å². The van der Waals surface area contributed by atoms with Gasteiger partial charge < -0.3 is 4.74 Å². The van der Waals surface area contributed by atoms with Crippen molar-refractivity contribution in [2.24, 2.45) is 0 Å². The van der Waals surface area contributed by atoms with Crippen molar-refractivity contribution >= 4 is 16.7 Å². The molecule has 3 rings (SSSR count). The van der Waals surface area contributed by atoms with Gasteiger partial charge in [0.25, 0.3) is 0 Å². The van der Waals surface area contributed by atoms with Gasteiger partial charge in [0, 0.05) is 11.1 Å². The van der Waals surface area contributed by atoms with Crippen LogP contribution in [0, 0.1) is 18.8 Å². The lowest BCUT2D eigenvalue weighted by Gasteiger charge is -2.02. The number of rotatable bonds is 1. The zero-order valence-electron chi connectivity index (χ0n) is 13.1. The molecular weight excluding hydrogens is 284 g/mol. The number of hydrogen-bond donors (Lipinski definition) is 0. The molecule has 0 radical (unpaired) electrons. The number of methoxy groups -OCH3 is 1. The molecule has 0 aliphatic rings. The molecule has 0 aromatic heterocycles. The largest absolute Gasteiger partial charge is 0.465 e. The van der Waals surface area contributed by atoms with Gasteiger partial charge in [-0.1, -0.05) is 41.7 Å². The second-order valence-electron chi connectivity index (χ2n) is 5.38. The first-order valence-corrected chi connectivity index (χ1v) is 7.36. The van der Waals surface area contributed by atoms with Crippen LogP contribution in [0.15, 0.2) is 60.7 Å². The SMILES string of the molecule is COC(=O)c1ccc2cc(C#Cc3ccc(C)cc3)ccc2c1. The molecule has 0 saturated carbocycles. The Morgan fingerprint density at radius 2 is 1.43 bits per heavy atom. The van der Waals surface area contributed by atoms with Gasteiger partial charge in [0.15, 0.2) is 0 Å². The lowest BCUT2D eigenvalue weighted by atomic mass is 10.0.